The summed E-state index contributed by atoms with van der Waals surface area (Å²) in [6.45, 7) is 10.3. The highest BCUT2D eigenvalue weighted by molar-refractivity contribution is 5.55. The maximum atomic E-state index is 5.72. The summed E-state index contributed by atoms with van der Waals surface area (Å²) in [6, 6.07) is 6.25. The second-order valence-electron chi connectivity index (χ2n) is 5.54. The molecule has 90 valence electrons. The fraction of sp³-hybridized carbons (Fsp3) is 0.429. The first-order valence-electron chi connectivity index (χ1n) is 5.79. The molecule has 0 aliphatic heterocycles. The zero-order valence-corrected chi connectivity index (χ0v) is 11.0. The minimum Gasteiger partial charge on any atom is -0.420 e. The van der Waals surface area contributed by atoms with Crippen LogP contribution in [0.1, 0.15) is 37.8 Å². The third-order valence-electron chi connectivity index (χ3n) is 2.54. The zero-order valence-electron chi connectivity index (χ0n) is 11.0. The molecule has 3 nitrogen and oxygen atoms in total. The van der Waals surface area contributed by atoms with Crippen molar-refractivity contribution in [2.75, 3.05) is 0 Å². The number of rotatable bonds is 1. The smallest absolute Gasteiger partial charge is 0.247 e. The molecule has 0 fully saturated rings. The molecule has 1 aromatic heterocycles. The molecule has 0 aliphatic rings. The van der Waals surface area contributed by atoms with E-state index in [0.29, 0.717) is 11.8 Å². The summed E-state index contributed by atoms with van der Waals surface area (Å²) in [6.07, 6.45) is 0. The van der Waals surface area contributed by atoms with Crippen LogP contribution in [-0.2, 0) is 5.41 Å². The lowest BCUT2D eigenvalue weighted by molar-refractivity contribution is 0.399. The Morgan fingerprint density at radius 2 is 1.53 bits per heavy atom. The molecule has 0 saturated heterocycles. The van der Waals surface area contributed by atoms with Crippen LogP contribution in [0, 0.1) is 13.8 Å². The molecule has 3 heteroatoms. The first-order chi connectivity index (χ1) is 7.86. The van der Waals surface area contributed by atoms with Crippen LogP contribution in [0.4, 0.5) is 0 Å². The number of hydrogen-bond donors (Lipinski definition) is 0. The van der Waals surface area contributed by atoms with Crippen molar-refractivity contribution >= 4 is 0 Å². The van der Waals surface area contributed by atoms with Crippen molar-refractivity contribution in [3.05, 3.63) is 35.2 Å². The second-order valence-corrected chi connectivity index (χ2v) is 5.54. The van der Waals surface area contributed by atoms with Gasteiger partial charge in [-0.1, -0.05) is 38.0 Å². The summed E-state index contributed by atoms with van der Waals surface area (Å²) >= 11 is 0. The van der Waals surface area contributed by atoms with E-state index >= 15 is 0 Å². The van der Waals surface area contributed by atoms with Crippen LogP contribution in [0.15, 0.2) is 22.6 Å². The summed E-state index contributed by atoms with van der Waals surface area (Å²) in [5.41, 5.74) is 3.29. The van der Waals surface area contributed by atoms with Crippen LogP contribution in [0.2, 0.25) is 0 Å². The number of benzene rings is 1. The summed E-state index contributed by atoms with van der Waals surface area (Å²) in [5, 5.41) is 8.22. The first kappa shape index (κ1) is 11.8. The number of hydrogen-bond acceptors (Lipinski definition) is 3. The van der Waals surface area contributed by atoms with Gasteiger partial charge in [-0.3, -0.25) is 0 Å². The van der Waals surface area contributed by atoms with Gasteiger partial charge in [-0.15, -0.1) is 10.2 Å². The van der Waals surface area contributed by atoms with Gasteiger partial charge >= 0.3 is 0 Å². The van der Waals surface area contributed by atoms with E-state index in [0.717, 1.165) is 5.56 Å². The predicted octanol–water partition coefficient (Wildman–Crippen LogP) is 3.65. The molecule has 0 spiro atoms. The van der Waals surface area contributed by atoms with Crippen LogP contribution >= 0.6 is 0 Å². The Morgan fingerprint density at radius 3 is 2.00 bits per heavy atom. The van der Waals surface area contributed by atoms with Gasteiger partial charge in [0.15, 0.2) is 0 Å². The molecular formula is C14H18N2O. The SMILES string of the molecule is Cc1cc(C)cc(-c2nnc(C(C)(C)C)o2)c1. The van der Waals surface area contributed by atoms with E-state index < -0.39 is 0 Å². The zero-order chi connectivity index (χ0) is 12.6. The van der Waals surface area contributed by atoms with Crippen molar-refractivity contribution in [2.45, 2.75) is 40.0 Å². The fourth-order valence-electron chi connectivity index (χ4n) is 1.74. The Hall–Kier alpha value is -1.64. The van der Waals surface area contributed by atoms with Gasteiger partial charge in [-0.25, -0.2) is 0 Å². The standard InChI is InChI=1S/C14H18N2O/c1-9-6-10(2)8-11(7-9)12-15-16-13(17-12)14(3,4)5/h6-8H,1-5H3. The molecule has 2 rings (SSSR count). The Bertz CT molecular complexity index is 515. The third kappa shape index (κ3) is 2.54. The molecule has 0 radical (unpaired) electrons. The van der Waals surface area contributed by atoms with Gasteiger partial charge in [0.25, 0.3) is 0 Å². The quantitative estimate of drug-likeness (QED) is 0.750. The average Bonchev–Trinajstić information content (AvgIpc) is 2.63. The van der Waals surface area contributed by atoms with Crippen LogP contribution in [0.25, 0.3) is 11.5 Å². The van der Waals surface area contributed by atoms with E-state index in [9.17, 15) is 0 Å². The highest BCUT2D eigenvalue weighted by Gasteiger charge is 2.21. The van der Waals surface area contributed by atoms with Gasteiger partial charge in [0, 0.05) is 11.0 Å². The largest absolute Gasteiger partial charge is 0.420 e. The van der Waals surface area contributed by atoms with Crippen molar-refractivity contribution in [1.82, 2.24) is 10.2 Å². The van der Waals surface area contributed by atoms with Gasteiger partial charge in [0.1, 0.15) is 0 Å². The van der Waals surface area contributed by atoms with E-state index in [1.165, 1.54) is 11.1 Å². The number of aromatic nitrogens is 2. The van der Waals surface area contributed by atoms with Crippen LogP contribution in [0.5, 0.6) is 0 Å². The Labute approximate surface area is 102 Å². The molecule has 0 aliphatic carbocycles. The van der Waals surface area contributed by atoms with E-state index in [1.807, 2.05) is 0 Å². The van der Waals surface area contributed by atoms with Crippen molar-refractivity contribution < 1.29 is 4.42 Å². The van der Waals surface area contributed by atoms with Crippen LogP contribution in [-0.4, -0.2) is 10.2 Å². The monoisotopic (exact) mass is 230 g/mol. The van der Waals surface area contributed by atoms with Crippen molar-refractivity contribution in [2.24, 2.45) is 0 Å². The summed E-state index contributed by atoms with van der Waals surface area (Å²) in [5.74, 6) is 1.27. The molecule has 0 saturated carbocycles. The Morgan fingerprint density at radius 1 is 0.941 bits per heavy atom. The summed E-state index contributed by atoms with van der Waals surface area (Å²) in [7, 11) is 0. The van der Waals surface area contributed by atoms with Crippen molar-refractivity contribution in [1.29, 1.82) is 0 Å². The van der Waals surface area contributed by atoms with Crippen molar-refractivity contribution in [3.8, 4) is 11.5 Å². The molecular weight excluding hydrogens is 212 g/mol. The van der Waals surface area contributed by atoms with Crippen LogP contribution < -0.4 is 0 Å². The lowest BCUT2D eigenvalue weighted by Crippen LogP contribution is -2.11. The van der Waals surface area contributed by atoms with E-state index in [2.05, 4.69) is 63.0 Å². The fourth-order valence-corrected chi connectivity index (χ4v) is 1.74. The average molecular weight is 230 g/mol. The normalized spacial score (nSPS) is 11.8. The van der Waals surface area contributed by atoms with Crippen molar-refractivity contribution in [3.63, 3.8) is 0 Å². The number of aryl methyl sites for hydroxylation is 2. The third-order valence-corrected chi connectivity index (χ3v) is 2.54. The molecule has 1 aromatic carbocycles. The molecule has 17 heavy (non-hydrogen) atoms. The lowest BCUT2D eigenvalue weighted by Gasteiger charge is -2.11. The molecule has 1 heterocycles. The maximum absolute atomic E-state index is 5.72. The summed E-state index contributed by atoms with van der Waals surface area (Å²) in [4.78, 5) is 0. The van der Waals surface area contributed by atoms with Gasteiger partial charge in [0.05, 0.1) is 0 Å². The van der Waals surface area contributed by atoms with Gasteiger partial charge in [-0.2, -0.15) is 0 Å². The predicted molar refractivity (Wildman–Crippen MR) is 67.9 cm³/mol. The molecule has 0 N–H and O–H groups in total. The van der Waals surface area contributed by atoms with Gasteiger partial charge < -0.3 is 4.42 Å². The first-order valence-corrected chi connectivity index (χ1v) is 5.79. The maximum Gasteiger partial charge on any atom is 0.247 e. The topological polar surface area (TPSA) is 38.9 Å². The molecule has 0 atom stereocenters. The van der Waals surface area contributed by atoms with E-state index in [-0.39, 0.29) is 5.41 Å². The summed E-state index contributed by atoms with van der Waals surface area (Å²) < 4.78 is 5.72. The van der Waals surface area contributed by atoms with E-state index in [1.54, 1.807) is 0 Å². The highest BCUT2D eigenvalue weighted by atomic mass is 16.4. The van der Waals surface area contributed by atoms with E-state index in [4.69, 9.17) is 4.42 Å². The molecule has 0 amide bonds. The number of nitrogens with zero attached hydrogens (tertiary/aromatic N) is 2. The molecule has 0 unspecified atom stereocenters. The van der Waals surface area contributed by atoms with Crippen LogP contribution in [0.3, 0.4) is 0 Å². The second kappa shape index (κ2) is 3.99. The Kier molecular flexibility index (Phi) is 2.77. The Balaban J connectivity index is 2.44. The minimum atomic E-state index is -0.107. The van der Waals surface area contributed by atoms with Gasteiger partial charge in [-0.05, 0) is 26.0 Å². The molecule has 0 bridgehead atoms. The minimum absolute atomic E-state index is 0.107. The highest BCUT2D eigenvalue weighted by Crippen LogP contribution is 2.26. The van der Waals surface area contributed by atoms with Gasteiger partial charge in [0.2, 0.25) is 11.8 Å². The molecule has 2 aromatic rings. The lowest BCUT2D eigenvalue weighted by atomic mass is 9.97.